The normalized spacial score (nSPS) is 13.7. The number of alkyl carbamates (subject to hydrolysis) is 1. The fourth-order valence-corrected chi connectivity index (χ4v) is 1.17. The van der Waals surface area contributed by atoms with Crippen molar-refractivity contribution in [3.63, 3.8) is 0 Å². The number of hydrogen-bond donors (Lipinski definition) is 2. The number of rotatable bonds is 5. The summed E-state index contributed by atoms with van der Waals surface area (Å²) in [5, 5.41) is 10.3. The summed E-state index contributed by atoms with van der Waals surface area (Å²) in [4.78, 5) is 22.0. The van der Waals surface area contributed by atoms with Crippen LogP contribution in [0.4, 0.5) is 13.6 Å². The Morgan fingerprint density at radius 2 is 1.95 bits per heavy atom. The van der Waals surface area contributed by atoms with E-state index in [-0.39, 0.29) is 6.61 Å². The van der Waals surface area contributed by atoms with Gasteiger partial charge < -0.3 is 15.2 Å². The zero-order valence-electron chi connectivity index (χ0n) is 10.1. The van der Waals surface area contributed by atoms with Gasteiger partial charge in [-0.2, -0.15) is 0 Å². The Hall–Kier alpha value is -2.18. The molecule has 0 saturated carbocycles. The Morgan fingerprint density at radius 3 is 2.42 bits per heavy atom. The van der Waals surface area contributed by atoms with Crippen LogP contribution >= 0.6 is 0 Å². The van der Waals surface area contributed by atoms with Crippen LogP contribution in [0.1, 0.15) is 12.5 Å². The van der Waals surface area contributed by atoms with Gasteiger partial charge in [0.1, 0.15) is 6.61 Å². The van der Waals surface area contributed by atoms with Crippen molar-refractivity contribution in [1.82, 2.24) is 5.32 Å². The first kappa shape index (κ1) is 14.9. The van der Waals surface area contributed by atoms with Gasteiger partial charge in [0.25, 0.3) is 6.43 Å². The lowest BCUT2D eigenvalue weighted by molar-refractivity contribution is -0.150. The van der Waals surface area contributed by atoms with Gasteiger partial charge >= 0.3 is 12.1 Å². The lowest BCUT2D eigenvalue weighted by Gasteiger charge is -2.24. The number of carboxylic acid groups (broad SMARTS) is 1. The number of hydrogen-bond acceptors (Lipinski definition) is 3. The fourth-order valence-electron chi connectivity index (χ4n) is 1.17. The molecular weight excluding hydrogens is 260 g/mol. The third kappa shape index (κ3) is 3.90. The van der Waals surface area contributed by atoms with Crippen molar-refractivity contribution < 1.29 is 28.2 Å². The van der Waals surface area contributed by atoms with Gasteiger partial charge in [-0.15, -0.1) is 0 Å². The van der Waals surface area contributed by atoms with Crippen LogP contribution in [0.2, 0.25) is 0 Å². The van der Waals surface area contributed by atoms with Crippen LogP contribution in [0.3, 0.4) is 0 Å². The molecule has 1 atom stereocenters. The molecule has 104 valence electrons. The number of carboxylic acids is 1. The van der Waals surface area contributed by atoms with E-state index in [9.17, 15) is 18.4 Å². The van der Waals surface area contributed by atoms with E-state index in [0.29, 0.717) is 12.5 Å². The first-order valence-corrected chi connectivity index (χ1v) is 5.36. The van der Waals surface area contributed by atoms with Crippen molar-refractivity contribution in [3.8, 4) is 0 Å². The maximum absolute atomic E-state index is 12.6. The second kappa shape index (κ2) is 6.12. The molecule has 0 aliphatic rings. The van der Waals surface area contributed by atoms with E-state index < -0.39 is 24.0 Å². The Balaban J connectivity index is 2.57. The maximum atomic E-state index is 12.6. The zero-order valence-corrected chi connectivity index (χ0v) is 10.1. The van der Waals surface area contributed by atoms with Crippen molar-refractivity contribution in [2.75, 3.05) is 0 Å². The van der Waals surface area contributed by atoms with Gasteiger partial charge in [-0.25, -0.2) is 18.4 Å². The molecule has 0 aliphatic carbocycles. The third-order valence-corrected chi connectivity index (χ3v) is 2.46. The molecule has 0 saturated heterocycles. The Bertz CT molecular complexity index is 452. The Labute approximate surface area is 108 Å². The highest BCUT2D eigenvalue weighted by Crippen LogP contribution is 2.16. The van der Waals surface area contributed by atoms with E-state index >= 15 is 0 Å². The number of carbonyl (C=O) groups excluding carboxylic acids is 1. The second-order valence-corrected chi connectivity index (χ2v) is 3.99. The topological polar surface area (TPSA) is 75.6 Å². The highest BCUT2D eigenvalue weighted by atomic mass is 19.3. The molecule has 0 fully saturated rings. The Morgan fingerprint density at radius 1 is 1.37 bits per heavy atom. The largest absolute Gasteiger partial charge is 0.479 e. The van der Waals surface area contributed by atoms with Crippen LogP contribution in [0, 0.1) is 0 Å². The summed E-state index contributed by atoms with van der Waals surface area (Å²) in [5.41, 5.74) is -2.01. The van der Waals surface area contributed by atoms with Crippen LogP contribution < -0.4 is 5.32 Å². The minimum atomic E-state index is -3.26. The van der Waals surface area contributed by atoms with Gasteiger partial charge in [-0.3, -0.25) is 0 Å². The fraction of sp³-hybridized carbons (Fsp3) is 0.333. The van der Waals surface area contributed by atoms with Gasteiger partial charge in [0, 0.05) is 0 Å². The number of amides is 1. The quantitative estimate of drug-likeness (QED) is 0.860. The first-order valence-electron chi connectivity index (χ1n) is 5.36. The molecule has 0 spiro atoms. The van der Waals surface area contributed by atoms with E-state index in [1.54, 1.807) is 35.6 Å². The lowest BCUT2D eigenvalue weighted by atomic mass is 10.0. The monoisotopic (exact) mass is 273 g/mol. The van der Waals surface area contributed by atoms with E-state index in [1.165, 1.54) is 0 Å². The zero-order chi connectivity index (χ0) is 14.5. The molecule has 0 bridgehead atoms. The molecule has 0 radical (unpaired) electrons. The predicted molar refractivity (Wildman–Crippen MR) is 61.8 cm³/mol. The summed E-state index contributed by atoms with van der Waals surface area (Å²) in [6.45, 7) is 0.579. The first-order chi connectivity index (χ1) is 8.86. The van der Waals surface area contributed by atoms with Gasteiger partial charge in [0.2, 0.25) is 0 Å². The Kier molecular flexibility index (Phi) is 4.80. The molecule has 0 aliphatic heterocycles. The van der Waals surface area contributed by atoms with Crippen LogP contribution in [-0.4, -0.2) is 29.1 Å². The molecule has 2 N–H and O–H groups in total. The summed E-state index contributed by atoms with van der Waals surface area (Å²) in [5.74, 6) is -1.83. The summed E-state index contributed by atoms with van der Waals surface area (Å²) >= 11 is 0. The molecule has 1 aromatic carbocycles. The molecule has 5 nitrogen and oxygen atoms in total. The van der Waals surface area contributed by atoms with Crippen molar-refractivity contribution in [3.05, 3.63) is 35.9 Å². The van der Waals surface area contributed by atoms with E-state index in [2.05, 4.69) is 4.74 Å². The number of aliphatic carboxylic acids is 1. The molecule has 7 heteroatoms. The van der Waals surface area contributed by atoms with Crippen molar-refractivity contribution in [2.24, 2.45) is 0 Å². The third-order valence-electron chi connectivity index (χ3n) is 2.46. The van der Waals surface area contributed by atoms with Crippen LogP contribution in [-0.2, 0) is 16.1 Å². The molecule has 1 aromatic rings. The predicted octanol–water partition coefficient (Wildman–Crippen LogP) is 2.02. The minimum absolute atomic E-state index is 0.133. The number of ether oxygens (including phenoxy) is 1. The summed E-state index contributed by atoms with van der Waals surface area (Å²) < 4.78 is 29.9. The average Bonchev–Trinajstić information content (AvgIpc) is 2.37. The number of nitrogens with one attached hydrogen (secondary N) is 1. The molecule has 1 amide bonds. The number of carbonyl (C=O) groups is 2. The number of halogens is 2. The SMILES string of the molecule is C[C@@](NC(=O)OCc1ccccc1)(C(=O)O)C(F)F. The van der Waals surface area contributed by atoms with Crippen molar-refractivity contribution in [2.45, 2.75) is 25.5 Å². The van der Waals surface area contributed by atoms with Crippen LogP contribution in [0.15, 0.2) is 30.3 Å². The van der Waals surface area contributed by atoms with E-state index in [0.717, 1.165) is 0 Å². The van der Waals surface area contributed by atoms with Gasteiger partial charge in [-0.1, -0.05) is 30.3 Å². The van der Waals surface area contributed by atoms with Crippen molar-refractivity contribution in [1.29, 1.82) is 0 Å². The van der Waals surface area contributed by atoms with Crippen molar-refractivity contribution >= 4 is 12.1 Å². The standard InChI is InChI=1S/C12H13F2NO4/c1-12(9(13)14,10(16)17)15-11(18)19-7-8-5-3-2-4-6-8/h2-6,9H,7H2,1H3,(H,15,18)(H,16,17)/t12-/m0/s1. The van der Waals surface area contributed by atoms with E-state index in [1.807, 2.05) is 0 Å². The summed E-state index contributed by atoms with van der Waals surface area (Å²) in [6, 6.07) is 8.56. The lowest BCUT2D eigenvalue weighted by Crippen LogP contribution is -2.57. The summed E-state index contributed by atoms with van der Waals surface area (Å²) in [7, 11) is 0. The molecular formula is C12H13F2NO4. The highest BCUT2D eigenvalue weighted by molar-refractivity contribution is 5.84. The smallest absolute Gasteiger partial charge is 0.408 e. The number of alkyl halides is 2. The average molecular weight is 273 g/mol. The maximum Gasteiger partial charge on any atom is 0.408 e. The molecule has 1 rings (SSSR count). The summed E-state index contributed by atoms with van der Waals surface area (Å²) in [6.07, 6.45) is -4.47. The van der Waals surface area contributed by atoms with Gasteiger partial charge in [-0.05, 0) is 12.5 Å². The highest BCUT2D eigenvalue weighted by Gasteiger charge is 2.45. The molecule has 0 unspecified atom stereocenters. The molecule has 19 heavy (non-hydrogen) atoms. The molecule has 0 heterocycles. The van der Waals surface area contributed by atoms with Crippen LogP contribution in [0.5, 0.6) is 0 Å². The second-order valence-electron chi connectivity index (χ2n) is 3.99. The van der Waals surface area contributed by atoms with Gasteiger partial charge in [0.05, 0.1) is 0 Å². The van der Waals surface area contributed by atoms with Crippen LogP contribution in [0.25, 0.3) is 0 Å². The minimum Gasteiger partial charge on any atom is -0.479 e. The molecule has 0 aromatic heterocycles. The van der Waals surface area contributed by atoms with Gasteiger partial charge in [0.15, 0.2) is 5.54 Å². The number of benzene rings is 1. The van der Waals surface area contributed by atoms with E-state index in [4.69, 9.17) is 5.11 Å².